The Morgan fingerprint density at radius 1 is 1.44 bits per heavy atom. The van der Waals surface area contributed by atoms with Gasteiger partial charge in [0.2, 0.25) is 0 Å². The summed E-state index contributed by atoms with van der Waals surface area (Å²) in [4.78, 5) is 18.9. The average Bonchev–Trinajstić information content (AvgIpc) is 3.20. The van der Waals surface area contributed by atoms with Crippen molar-refractivity contribution < 1.29 is 9.53 Å². The van der Waals surface area contributed by atoms with E-state index >= 15 is 0 Å². The van der Waals surface area contributed by atoms with E-state index < -0.39 is 0 Å². The monoisotopic (exact) mass is 341 g/mol. The molecule has 1 N–H and O–H groups in total. The molecule has 2 aliphatic rings. The molecule has 7 heteroatoms. The van der Waals surface area contributed by atoms with Crippen LogP contribution in [0.1, 0.15) is 28.8 Å². The molecule has 25 heavy (non-hydrogen) atoms. The summed E-state index contributed by atoms with van der Waals surface area (Å²) < 4.78 is 7.85. The molecule has 2 fully saturated rings. The molecule has 132 valence electrons. The second-order valence-corrected chi connectivity index (χ2v) is 6.82. The summed E-state index contributed by atoms with van der Waals surface area (Å²) in [5.74, 6) is -0.0887. The number of pyridine rings is 1. The Bertz CT molecular complexity index is 732. The van der Waals surface area contributed by atoms with Gasteiger partial charge in [-0.25, -0.2) is 0 Å². The van der Waals surface area contributed by atoms with Gasteiger partial charge in [-0.2, -0.15) is 5.10 Å². The second kappa shape index (κ2) is 6.93. The van der Waals surface area contributed by atoms with Crippen LogP contribution in [0.2, 0.25) is 0 Å². The molecule has 0 unspecified atom stereocenters. The quantitative estimate of drug-likeness (QED) is 0.897. The molecule has 2 aromatic rings. The van der Waals surface area contributed by atoms with Crippen LogP contribution in [0.5, 0.6) is 0 Å². The van der Waals surface area contributed by atoms with Crippen molar-refractivity contribution in [2.45, 2.75) is 37.6 Å². The number of carbonyl (C=O) groups excluding carboxylic acids is 1. The normalized spacial score (nSPS) is 26.4. The number of aryl methyl sites for hydroxylation is 1. The molecule has 0 aliphatic carbocycles. The number of likely N-dealkylation sites (tertiary alicyclic amines) is 1. The molecule has 3 atom stereocenters. The Kier molecular flexibility index (Phi) is 4.50. The number of aromatic nitrogens is 3. The van der Waals surface area contributed by atoms with Gasteiger partial charge in [0.15, 0.2) is 0 Å². The van der Waals surface area contributed by atoms with E-state index in [0.717, 1.165) is 32.5 Å². The minimum absolute atomic E-state index is 0.00493. The Hall–Kier alpha value is -2.25. The van der Waals surface area contributed by atoms with Crippen LogP contribution in [-0.4, -0.2) is 56.9 Å². The zero-order valence-corrected chi connectivity index (χ0v) is 14.3. The number of hydrogen-bond acceptors (Lipinski definition) is 5. The van der Waals surface area contributed by atoms with E-state index in [4.69, 9.17) is 4.74 Å². The minimum atomic E-state index is -0.0887. The third kappa shape index (κ3) is 3.43. The number of amides is 1. The first-order valence-corrected chi connectivity index (χ1v) is 8.75. The van der Waals surface area contributed by atoms with E-state index in [1.807, 2.05) is 24.1 Å². The molecule has 4 heterocycles. The van der Waals surface area contributed by atoms with E-state index in [-0.39, 0.29) is 18.1 Å². The van der Waals surface area contributed by atoms with Gasteiger partial charge in [-0.3, -0.25) is 19.4 Å². The molecular weight excluding hydrogens is 318 g/mol. The lowest BCUT2D eigenvalue weighted by atomic mass is 10.0. The molecule has 7 nitrogen and oxygen atoms in total. The van der Waals surface area contributed by atoms with E-state index in [0.29, 0.717) is 11.6 Å². The third-order valence-corrected chi connectivity index (χ3v) is 5.01. The van der Waals surface area contributed by atoms with Gasteiger partial charge < -0.3 is 10.1 Å². The second-order valence-electron chi connectivity index (χ2n) is 6.82. The van der Waals surface area contributed by atoms with Crippen LogP contribution in [0.4, 0.5) is 0 Å². The van der Waals surface area contributed by atoms with Crippen LogP contribution < -0.4 is 5.32 Å². The lowest BCUT2D eigenvalue weighted by Crippen LogP contribution is -2.47. The van der Waals surface area contributed by atoms with Crippen LogP contribution in [-0.2, 0) is 18.3 Å². The Balaban J connectivity index is 1.47. The maximum atomic E-state index is 12.5. The van der Waals surface area contributed by atoms with Gasteiger partial charge in [-0.05, 0) is 25.0 Å². The Morgan fingerprint density at radius 3 is 3.12 bits per heavy atom. The van der Waals surface area contributed by atoms with Crippen LogP contribution in [0.3, 0.4) is 0 Å². The van der Waals surface area contributed by atoms with Crippen molar-refractivity contribution in [2.75, 3.05) is 13.2 Å². The van der Waals surface area contributed by atoms with Gasteiger partial charge in [0.1, 0.15) is 0 Å². The molecule has 0 saturated carbocycles. The fourth-order valence-electron chi connectivity index (χ4n) is 3.90. The highest BCUT2D eigenvalue weighted by Gasteiger charge is 2.44. The van der Waals surface area contributed by atoms with Crippen molar-refractivity contribution in [1.82, 2.24) is 25.0 Å². The molecule has 2 saturated heterocycles. The standard InChI is InChI=1S/C18H23N5O2/c1-22-10-13(8-20-22)11-23-12-15(17-16(23)5-3-7-25-17)21-18(24)14-4-2-6-19-9-14/h2,4,6,8-10,15-17H,3,5,7,11-12H2,1H3,(H,21,24)/t15-,16-,17-/m1/s1. The molecule has 0 aromatic carbocycles. The summed E-state index contributed by atoms with van der Waals surface area (Å²) in [6.45, 7) is 2.38. The maximum absolute atomic E-state index is 12.5. The first-order valence-electron chi connectivity index (χ1n) is 8.75. The Labute approximate surface area is 147 Å². The lowest BCUT2D eigenvalue weighted by molar-refractivity contribution is -0.0211. The number of ether oxygens (including phenoxy) is 1. The van der Waals surface area contributed by atoms with E-state index in [1.165, 1.54) is 5.56 Å². The maximum Gasteiger partial charge on any atom is 0.253 e. The van der Waals surface area contributed by atoms with E-state index in [1.54, 1.807) is 24.5 Å². The number of fused-ring (bicyclic) bond motifs is 1. The largest absolute Gasteiger partial charge is 0.374 e. The van der Waals surface area contributed by atoms with E-state index in [2.05, 4.69) is 20.3 Å². The summed E-state index contributed by atoms with van der Waals surface area (Å²) in [7, 11) is 1.93. The first kappa shape index (κ1) is 16.2. The predicted octanol–water partition coefficient (Wildman–Crippen LogP) is 0.977. The average molecular weight is 341 g/mol. The van der Waals surface area contributed by atoms with Crippen molar-refractivity contribution >= 4 is 5.91 Å². The van der Waals surface area contributed by atoms with Gasteiger partial charge in [-0.1, -0.05) is 0 Å². The molecule has 0 radical (unpaired) electrons. The zero-order chi connectivity index (χ0) is 17.2. The molecule has 0 spiro atoms. The van der Waals surface area contributed by atoms with Crippen molar-refractivity contribution in [3.63, 3.8) is 0 Å². The molecule has 2 aromatic heterocycles. The van der Waals surface area contributed by atoms with Gasteiger partial charge >= 0.3 is 0 Å². The predicted molar refractivity (Wildman–Crippen MR) is 91.9 cm³/mol. The molecule has 1 amide bonds. The fourth-order valence-corrected chi connectivity index (χ4v) is 3.90. The van der Waals surface area contributed by atoms with Crippen LogP contribution in [0.25, 0.3) is 0 Å². The zero-order valence-electron chi connectivity index (χ0n) is 14.3. The van der Waals surface area contributed by atoms with Crippen molar-refractivity contribution in [3.8, 4) is 0 Å². The van der Waals surface area contributed by atoms with Crippen LogP contribution >= 0.6 is 0 Å². The van der Waals surface area contributed by atoms with Crippen molar-refractivity contribution in [3.05, 3.63) is 48.0 Å². The van der Waals surface area contributed by atoms with E-state index in [9.17, 15) is 4.79 Å². The SMILES string of the molecule is Cn1cc(CN2C[C@@H](NC(=O)c3cccnc3)[C@H]3OCCC[C@H]32)cn1. The summed E-state index contributed by atoms with van der Waals surface area (Å²) >= 11 is 0. The van der Waals surface area contributed by atoms with Crippen LogP contribution in [0, 0.1) is 0 Å². The van der Waals surface area contributed by atoms with Crippen molar-refractivity contribution in [2.24, 2.45) is 7.05 Å². The Morgan fingerprint density at radius 2 is 2.36 bits per heavy atom. The number of carbonyl (C=O) groups is 1. The summed E-state index contributed by atoms with van der Waals surface area (Å²) in [6.07, 6.45) is 9.42. The summed E-state index contributed by atoms with van der Waals surface area (Å²) in [5.41, 5.74) is 1.77. The van der Waals surface area contributed by atoms with Gasteiger partial charge in [0, 0.05) is 56.9 Å². The number of nitrogens with one attached hydrogen (secondary N) is 1. The molecule has 4 rings (SSSR count). The third-order valence-electron chi connectivity index (χ3n) is 5.01. The smallest absolute Gasteiger partial charge is 0.253 e. The number of rotatable bonds is 4. The number of nitrogens with zero attached hydrogens (tertiary/aromatic N) is 4. The van der Waals surface area contributed by atoms with Gasteiger partial charge in [-0.15, -0.1) is 0 Å². The molecular formula is C18H23N5O2. The summed E-state index contributed by atoms with van der Waals surface area (Å²) in [5, 5.41) is 7.40. The topological polar surface area (TPSA) is 72.3 Å². The van der Waals surface area contributed by atoms with Gasteiger partial charge in [0.25, 0.3) is 5.91 Å². The number of hydrogen-bond donors (Lipinski definition) is 1. The molecule has 0 bridgehead atoms. The lowest BCUT2D eigenvalue weighted by Gasteiger charge is -2.32. The van der Waals surface area contributed by atoms with Crippen molar-refractivity contribution in [1.29, 1.82) is 0 Å². The highest BCUT2D eigenvalue weighted by molar-refractivity contribution is 5.94. The first-order chi connectivity index (χ1) is 12.2. The highest BCUT2D eigenvalue weighted by atomic mass is 16.5. The van der Waals surface area contributed by atoms with Crippen LogP contribution in [0.15, 0.2) is 36.9 Å². The highest BCUT2D eigenvalue weighted by Crippen LogP contribution is 2.30. The van der Waals surface area contributed by atoms with Gasteiger partial charge in [0.05, 0.1) is 23.9 Å². The minimum Gasteiger partial charge on any atom is -0.374 e. The summed E-state index contributed by atoms with van der Waals surface area (Å²) in [6, 6.07) is 3.89. The molecule has 2 aliphatic heterocycles. The fraction of sp³-hybridized carbons (Fsp3) is 0.500.